The third-order valence-corrected chi connectivity index (χ3v) is 5.05. The Bertz CT molecular complexity index is 432. The SMILES string of the molecule is CCCCCC(O)/C=C/[C@H]1C(O)CC(=O)[C@@H]1CCCCCCC(=O)O. The smallest absolute Gasteiger partial charge is 0.303 e. The van der Waals surface area contributed by atoms with Crippen molar-refractivity contribution in [1.82, 2.24) is 0 Å². The van der Waals surface area contributed by atoms with Crippen LogP contribution >= 0.6 is 0 Å². The largest absolute Gasteiger partial charge is 0.481 e. The fourth-order valence-electron chi connectivity index (χ4n) is 3.54. The number of Topliss-reactive ketones (excluding diaryl/α,β-unsaturated/α-hetero) is 1. The molecule has 0 aromatic heterocycles. The van der Waals surface area contributed by atoms with Crippen molar-refractivity contribution in [3.05, 3.63) is 12.2 Å². The lowest BCUT2D eigenvalue weighted by Crippen LogP contribution is -2.19. The molecule has 0 radical (unpaired) electrons. The van der Waals surface area contributed by atoms with Crippen molar-refractivity contribution < 1.29 is 24.9 Å². The van der Waals surface area contributed by atoms with E-state index >= 15 is 0 Å². The van der Waals surface area contributed by atoms with Crippen LogP contribution in [-0.2, 0) is 9.59 Å². The van der Waals surface area contributed by atoms with E-state index in [1.807, 2.05) is 6.08 Å². The molecular formula is C20H34O5. The van der Waals surface area contributed by atoms with E-state index in [4.69, 9.17) is 5.11 Å². The molecule has 3 N–H and O–H groups in total. The number of aliphatic carboxylic acids is 1. The van der Waals surface area contributed by atoms with E-state index in [0.717, 1.165) is 51.4 Å². The van der Waals surface area contributed by atoms with E-state index in [-0.39, 0.29) is 30.5 Å². The highest BCUT2D eigenvalue weighted by Gasteiger charge is 2.39. The highest BCUT2D eigenvalue weighted by Crippen LogP contribution is 2.34. The van der Waals surface area contributed by atoms with Gasteiger partial charge in [-0.1, -0.05) is 57.6 Å². The van der Waals surface area contributed by atoms with Gasteiger partial charge in [0.15, 0.2) is 0 Å². The van der Waals surface area contributed by atoms with Crippen molar-refractivity contribution in [3.8, 4) is 0 Å². The summed E-state index contributed by atoms with van der Waals surface area (Å²) < 4.78 is 0. The van der Waals surface area contributed by atoms with Crippen LogP contribution in [0.25, 0.3) is 0 Å². The second kappa shape index (κ2) is 12.2. The van der Waals surface area contributed by atoms with Crippen molar-refractivity contribution in [1.29, 1.82) is 0 Å². The molecule has 25 heavy (non-hydrogen) atoms. The first-order valence-electron chi connectivity index (χ1n) is 9.74. The number of carbonyl (C=O) groups is 2. The molecule has 0 aliphatic heterocycles. The Hall–Kier alpha value is -1.20. The average Bonchev–Trinajstić information content (AvgIpc) is 2.82. The number of carbonyl (C=O) groups excluding carboxylic acids is 1. The third-order valence-electron chi connectivity index (χ3n) is 5.05. The van der Waals surface area contributed by atoms with Gasteiger partial charge in [0.1, 0.15) is 5.78 Å². The Balaban J connectivity index is 2.39. The number of ketones is 1. The molecule has 0 amide bonds. The van der Waals surface area contributed by atoms with E-state index in [9.17, 15) is 19.8 Å². The summed E-state index contributed by atoms with van der Waals surface area (Å²) in [6, 6.07) is 0. The lowest BCUT2D eigenvalue weighted by molar-refractivity contribution is -0.137. The van der Waals surface area contributed by atoms with E-state index in [0.29, 0.717) is 6.42 Å². The topological polar surface area (TPSA) is 94.8 Å². The van der Waals surface area contributed by atoms with Gasteiger partial charge in [-0.15, -0.1) is 0 Å². The lowest BCUT2D eigenvalue weighted by Gasteiger charge is -2.18. The van der Waals surface area contributed by atoms with Gasteiger partial charge in [-0.3, -0.25) is 9.59 Å². The Morgan fingerprint density at radius 2 is 1.92 bits per heavy atom. The fourth-order valence-corrected chi connectivity index (χ4v) is 3.54. The van der Waals surface area contributed by atoms with Crippen LogP contribution in [0.15, 0.2) is 12.2 Å². The monoisotopic (exact) mass is 354 g/mol. The van der Waals surface area contributed by atoms with Crippen LogP contribution in [0, 0.1) is 11.8 Å². The molecule has 1 aliphatic rings. The van der Waals surface area contributed by atoms with Gasteiger partial charge in [0.2, 0.25) is 0 Å². The molecule has 1 rings (SSSR count). The molecule has 0 saturated heterocycles. The Morgan fingerprint density at radius 3 is 2.60 bits per heavy atom. The van der Waals surface area contributed by atoms with Gasteiger partial charge in [0, 0.05) is 24.7 Å². The number of hydrogen-bond acceptors (Lipinski definition) is 4. The van der Waals surface area contributed by atoms with Crippen molar-refractivity contribution in [3.63, 3.8) is 0 Å². The van der Waals surface area contributed by atoms with Gasteiger partial charge in [-0.25, -0.2) is 0 Å². The first-order valence-corrected chi connectivity index (χ1v) is 9.74. The minimum Gasteiger partial charge on any atom is -0.481 e. The highest BCUT2D eigenvalue weighted by atomic mass is 16.4. The number of carboxylic acids is 1. The number of rotatable bonds is 13. The van der Waals surface area contributed by atoms with Crippen LogP contribution in [0.3, 0.4) is 0 Å². The Kier molecular flexibility index (Phi) is 10.7. The minimum atomic E-state index is -0.767. The van der Waals surface area contributed by atoms with E-state index in [1.165, 1.54) is 0 Å². The third kappa shape index (κ3) is 8.63. The molecule has 1 saturated carbocycles. The molecule has 0 heterocycles. The standard InChI is InChI=1S/C20H34O5/c1-2-3-6-9-15(21)12-13-17-16(18(22)14-19(17)23)10-7-4-5-8-11-20(24)25/h12-13,15-17,19,21,23H,2-11,14H2,1H3,(H,24,25)/b13-12+/t15?,16-,17-,19?/m1/s1. The van der Waals surface area contributed by atoms with Crippen LogP contribution in [0.1, 0.15) is 77.6 Å². The zero-order chi connectivity index (χ0) is 18.7. The van der Waals surface area contributed by atoms with Crippen LogP contribution in [0.4, 0.5) is 0 Å². The summed E-state index contributed by atoms with van der Waals surface area (Å²) >= 11 is 0. The van der Waals surface area contributed by atoms with E-state index in [1.54, 1.807) is 6.08 Å². The van der Waals surface area contributed by atoms with Crippen molar-refractivity contribution in [2.45, 2.75) is 89.8 Å². The van der Waals surface area contributed by atoms with E-state index in [2.05, 4.69) is 6.92 Å². The number of aliphatic hydroxyl groups is 2. The molecule has 5 heteroatoms. The summed E-state index contributed by atoms with van der Waals surface area (Å²) in [4.78, 5) is 22.6. The summed E-state index contributed by atoms with van der Waals surface area (Å²) in [6.07, 6.45) is 10.7. The summed E-state index contributed by atoms with van der Waals surface area (Å²) in [6.45, 7) is 2.12. The van der Waals surface area contributed by atoms with Gasteiger partial charge in [-0.2, -0.15) is 0 Å². The van der Waals surface area contributed by atoms with Crippen molar-refractivity contribution in [2.75, 3.05) is 0 Å². The molecule has 0 spiro atoms. The number of hydrogen-bond donors (Lipinski definition) is 3. The average molecular weight is 354 g/mol. The maximum Gasteiger partial charge on any atom is 0.303 e. The predicted molar refractivity (Wildman–Crippen MR) is 97.2 cm³/mol. The van der Waals surface area contributed by atoms with Gasteiger partial charge in [-0.05, 0) is 19.3 Å². The van der Waals surface area contributed by atoms with Crippen LogP contribution in [0.5, 0.6) is 0 Å². The predicted octanol–water partition coefficient (Wildman–Crippen LogP) is 3.48. The summed E-state index contributed by atoms with van der Waals surface area (Å²) in [5.41, 5.74) is 0. The van der Waals surface area contributed by atoms with Gasteiger partial charge in [0.05, 0.1) is 12.2 Å². The normalized spacial score (nSPS) is 24.9. The quantitative estimate of drug-likeness (QED) is 0.348. The molecule has 0 aromatic carbocycles. The number of aliphatic hydroxyl groups excluding tert-OH is 2. The minimum absolute atomic E-state index is 0.105. The fraction of sp³-hybridized carbons (Fsp3) is 0.800. The van der Waals surface area contributed by atoms with Crippen molar-refractivity contribution >= 4 is 11.8 Å². The first-order chi connectivity index (χ1) is 12.0. The lowest BCUT2D eigenvalue weighted by atomic mass is 9.88. The van der Waals surface area contributed by atoms with Gasteiger partial charge >= 0.3 is 5.97 Å². The molecule has 2 unspecified atom stereocenters. The Labute approximate surface area is 151 Å². The zero-order valence-electron chi connectivity index (χ0n) is 15.4. The first kappa shape index (κ1) is 21.8. The second-order valence-electron chi connectivity index (χ2n) is 7.22. The molecule has 144 valence electrons. The second-order valence-corrected chi connectivity index (χ2v) is 7.22. The molecule has 5 nitrogen and oxygen atoms in total. The number of carboxylic acid groups (broad SMARTS) is 1. The molecule has 0 aromatic rings. The van der Waals surface area contributed by atoms with Gasteiger partial charge in [0.25, 0.3) is 0 Å². The summed E-state index contributed by atoms with van der Waals surface area (Å²) in [5, 5.41) is 28.7. The van der Waals surface area contributed by atoms with Crippen LogP contribution in [-0.4, -0.2) is 39.3 Å². The summed E-state index contributed by atoms with van der Waals surface area (Å²) in [7, 11) is 0. The molecule has 1 fully saturated rings. The maximum atomic E-state index is 12.1. The van der Waals surface area contributed by atoms with Crippen LogP contribution < -0.4 is 0 Å². The molecule has 1 aliphatic carbocycles. The summed E-state index contributed by atoms with van der Waals surface area (Å²) in [5.74, 6) is -1.04. The van der Waals surface area contributed by atoms with Crippen molar-refractivity contribution in [2.24, 2.45) is 11.8 Å². The highest BCUT2D eigenvalue weighted by molar-refractivity contribution is 5.84. The molecule has 4 atom stereocenters. The maximum absolute atomic E-state index is 12.1. The van der Waals surface area contributed by atoms with Crippen LogP contribution in [0.2, 0.25) is 0 Å². The number of unbranched alkanes of at least 4 members (excludes halogenated alkanes) is 5. The van der Waals surface area contributed by atoms with E-state index < -0.39 is 18.2 Å². The zero-order valence-corrected chi connectivity index (χ0v) is 15.4. The Morgan fingerprint density at radius 1 is 1.20 bits per heavy atom. The molecular weight excluding hydrogens is 320 g/mol. The van der Waals surface area contributed by atoms with Gasteiger partial charge < -0.3 is 15.3 Å². The molecule has 0 bridgehead atoms.